The normalized spacial score (nSPS) is 23.3. The number of likely N-dealkylation sites (N-methyl/N-ethyl adjacent to an activating group) is 1. The summed E-state index contributed by atoms with van der Waals surface area (Å²) >= 11 is 0. The van der Waals surface area contributed by atoms with Gasteiger partial charge in [0.25, 0.3) is 0 Å². The van der Waals surface area contributed by atoms with Gasteiger partial charge < -0.3 is 25.2 Å². The number of hydrogen-bond donors (Lipinski definition) is 2. The van der Waals surface area contributed by atoms with Gasteiger partial charge in [-0.1, -0.05) is 35.5 Å². The zero-order chi connectivity index (χ0) is 20.8. The molecular weight excluding hydrogens is 362 g/mol. The van der Waals surface area contributed by atoms with Crippen molar-refractivity contribution in [3.8, 4) is 0 Å². The summed E-state index contributed by atoms with van der Waals surface area (Å²) in [5.74, 6) is -0.0792. The summed E-state index contributed by atoms with van der Waals surface area (Å²) in [6, 6.07) is 9.89. The second kappa shape index (κ2) is 9.25. The molecule has 8 heteroatoms. The van der Waals surface area contributed by atoms with Crippen molar-refractivity contribution in [2.75, 3.05) is 20.3 Å². The fourth-order valence-corrected chi connectivity index (χ4v) is 3.06. The Bertz CT molecular complexity index is 664. The summed E-state index contributed by atoms with van der Waals surface area (Å²) in [5, 5.41) is 12.4. The number of ether oxygens (including phenoxy) is 3. The van der Waals surface area contributed by atoms with Crippen molar-refractivity contribution in [1.82, 2.24) is 4.90 Å². The maximum atomic E-state index is 12.5. The third-order valence-corrected chi connectivity index (χ3v) is 4.75. The van der Waals surface area contributed by atoms with Crippen LogP contribution in [0.15, 0.2) is 35.5 Å². The fraction of sp³-hybridized carbons (Fsp3) is 0.600. The molecule has 0 saturated carbocycles. The number of amides is 1. The molecule has 1 fully saturated rings. The number of nitrogens with two attached hydrogens (primary N) is 1. The molecule has 1 aliphatic rings. The molecule has 2 atom stereocenters. The maximum absolute atomic E-state index is 12.5. The number of amidine groups is 1. The minimum atomic E-state index is -1.06. The molecule has 3 N–H and O–H groups in total. The average molecular weight is 393 g/mol. The highest BCUT2D eigenvalue weighted by atomic mass is 16.6. The maximum Gasteiger partial charge on any atom is 0.410 e. The summed E-state index contributed by atoms with van der Waals surface area (Å²) < 4.78 is 17.1. The largest absolute Gasteiger partial charge is 0.444 e. The minimum absolute atomic E-state index is 0.0792. The predicted octanol–water partition coefficient (Wildman–Crippen LogP) is 2.73. The van der Waals surface area contributed by atoms with E-state index in [1.807, 2.05) is 30.3 Å². The lowest BCUT2D eigenvalue weighted by molar-refractivity contribution is -0.0888. The third-order valence-electron chi connectivity index (χ3n) is 4.75. The van der Waals surface area contributed by atoms with Crippen LogP contribution in [-0.2, 0) is 20.8 Å². The van der Waals surface area contributed by atoms with Gasteiger partial charge in [0.1, 0.15) is 11.1 Å². The summed E-state index contributed by atoms with van der Waals surface area (Å²) in [6.45, 7) is 6.38. The standard InChI is InChI=1S/C20H31N3O5/c1-19(2,3)28-18(24)23(4)20(17(21)22-25)11-10-16(27-14-20)13-26-12-15-8-6-5-7-9-15/h5-9,16,25H,10-14H2,1-4H3,(H2,21,22)/t16-,20+/m1/s1. The van der Waals surface area contributed by atoms with Crippen molar-refractivity contribution >= 4 is 11.9 Å². The van der Waals surface area contributed by atoms with E-state index in [4.69, 9.17) is 19.9 Å². The van der Waals surface area contributed by atoms with Gasteiger partial charge in [-0.3, -0.25) is 4.90 Å². The van der Waals surface area contributed by atoms with Crippen LogP contribution in [0.2, 0.25) is 0 Å². The van der Waals surface area contributed by atoms with Crippen LogP contribution in [0.1, 0.15) is 39.2 Å². The second-order valence-corrected chi connectivity index (χ2v) is 8.03. The number of rotatable bonds is 6. The van der Waals surface area contributed by atoms with Crippen LogP contribution in [0.5, 0.6) is 0 Å². The van der Waals surface area contributed by atoms with Gasteiger partial charge in [0, 0.05) is 7.05 Å². The molecule has 0 aromatic heterocycles. The number of carbonyl (C=O) groups excluding carboxylic acids is 1. The zero-order valence-electron chi connectivity index (χ0n) is 17.1. The van der Waals surface area contributed by atoms with Crippen molar-refractivity contribution in [3.63, 3.8) is 0 Å². The number of nitrogens with zero attached hydrogens (tertiary/aromatic N) is 2. The van der Waals surface area contributed by atoms with Crippen molar-refractivity contribution in [2.24, 2.45) is 10.9 Å². The van der Waals surface area contributed by atoms with Crippen LogP contribution in [0.4, 0.5) is 4.79 Å². The third kappa shape index (κ3) is 5.59. The van der Waals surface area contributed by atoms with E-state index >= 15 is 0 Å². The van der Waals surface area contributed by atoms with E-state index in [0.29, 0.717) is 26.1 Å². The van der Waals surface area contributed by atoms with E-state index in [-0.39, 0.29) is 18.5 Å². The van der Waals surface area contributed by atoms with Crippen molar-refractivity contribution in [1.29, 1.82) is 0 Å². The molecule has 1 heterocycles. The fourth-order valence-electron chi connectivity index (χ4n) is 3.06. The van der Waals surface area contributed by atoms with Gasteiger partial charge in [-0.15, -0.1) is 0 Å². The van der Waals surface area contributed by atoms with Gasteiger partial charge in [0.2, 0.25) is 0 Å². The first-order valence-electron chi connectivity index (χ1n) is 9.36. The Labute approximate surface area is 166 Å². The molecule has 0 spiro atoms. The second-order valence-electron chi connectivity index (χ2n) is 8.03. The van der Waals surface area contributed by atoms with Gasteiger partial charge in [-0.05, 0) is 39.2 Å². The van der Waals surface area contributed by atoms with E-state index in [1.165, 1.54) is 4.90 Å². The van der Waals surface area contributed by atoms with Crippen LogP contribution in [0.25, 0.3) is 0 Å². The van der Waals surface area contributed by atoms with Crippen molar-refractivity contribution < 1.29 is 24.2 Å². The Morgan fingerprint density at radius 3 is 2.61 bits per heavy atom. The van der Waals surface area contributed by atoms with E-state index in [0.717, 1.165) is 5.56 Å². The Balaban J connectivity index is 1.96. The SMILES string of the molecule is CN(C(=O)OC(C)(C)C)[C@@]1(C(N)=NO)CC[C@H](COCc2ccccc2)OC1. The summed E-state index contributed by atoms with van der Waals surface area (Å²) in [5.41, 5.74) is 5.32. The van der Waals surface area contributed by atoms with Crippen LogP contribution < -0.4 is 5.73 Å². The van der Waals surface area contributed by atoms with Gasteiger partial charge in [-0.25, -0.2) is 4.79 Å². The summed E-state index contributed by atoms with van der Waals surface area (Å²) in [4.78, 5) is 13.9. The number of oxime groups is 1. The molecule has 1 amide bonds. The minimum Gasteiger partial charge on any atom is -0.444 e. The number of benzene rings is 1. The summed E-state index contributed by atoms with van der Waals surface area (Å²) in [7, 11) is 1.57. The molecule has 1 aromatic carbocycles. The molecule has 156 valence electrons. The number of hydrogen-bond acceptors (Lipinski definition) is 6. The quantitative estimate of drug-likeness (QED) is 0.333. The lowest BCUT2D eigenvalue weighted by Gasteiger charge is -2.44. The monoisotopic (exact) mass is 393 g/mol. The first-order valence-corrected chi connectivity index (χ1v) is 9.36. The van der Waals surface area contributed by atoms with E-state index in [2.05, 4.69) is 5.16 Å². The average Bonchev–Trinajstić information content (AvgIpc) is 2.67. The molecule has 1 aliphatic heterocycles. The Kier molecular flexibility index (Phi) is 7.26. The highest BCUT2D eigenvalue weighted by Crippen LogP contribution is 2.30. The van der Waals surface area contributed by atoms with Gasteiger partial charge in [-0.2, -0.15) is 0 Å². The first-order chi connectivity index (χ1) is 13.2. The van der Waals surface area contributed by atoms with Gasteiger partial charge in [0.15, 0.2) is 5.84 Å². The van der Waals surface area contributed by atoms with E-state index in [1.54, 1.807) is 27.8 Å². The molecule has 1 saturated heterocycles. The lowest BCUT2D eigenvalue weighted by Crippen LogP contribution is -2.64. The lowest BCUT2D eigenvalue weighted by atomic mass is 9.87. The van der Waals surface area contributed by atoms with Gasteiger partial charge >= 0.3 is 6.09 Å². The smallest absolute Gasteiger partial charge is 0.410 e. The zero-order valence-corrected chi connectivity index (χ0v) is 17.1. The Hall–Kier alpha value is -2.32. The predicted molar refractivity (Wildman–Crippen MR) is 105 cm³/mol. The molecule has 0 unspecified atom stereocenters. The topological polar surface area (TPSA) is 107 Å². The van der Waals surface area contributed by atoms with Crippen LogP contribution >= 0.6 is 0 Å². The van der Waals surface area contributed by atoms with Crippen LogP contribution in [-0.4, -0.2) is 59.5 Å². The Morgan fingerprint density at radius 2 is 2.07 bits per heavy atom. The molecule has 8 nitrogen and oxygen atoms in total. The van der Waals surface area contributed by atoms with Crippen molar-refractivity contribution in [2.45, 2.75) is 57.5 Å². The van der Waals surface area contributed by atoms with Gasteiger partial charge in [0.05, 0.1) is 25.9 Å². The van der Waals surface area contributed by atoms with Crippen LogP contribution in [0, 0.1) is 0 Å². The molecule has 28 heavy (non-hydrogen) atoms. The summed E-state index contributed by atoms with van der Waals surface area (Å²) in [6.07, 6.45) is 0.382. The molecule has 0 radical (unpaired) electrons. The van der Waals surface area contributed by atoms with E-state index in [9.17, 15) is 10.0 Å². The molecule has 0 aliphatic carbocycles. The molecule has 0 bridgehead atoms. The number of carbonyl (C=O) groups is 1. The molecule has 2 rings (SSSR count). The highest BCUT2D eigenvalue weighted by Gasteiger charge is 2.47. The highest BCUT2D eigenvalue weighted by molar-refractivity contribution is 5.93. The molecule has 1 aromatic rings. The Morgan fingerprint density at radius 1 is 1.39 bits per heavy atom. The van der Waals surface area contributed by atoms with Crippen molar-refractivity contribution in [3.05, 3.63) is 35.9 Å². The first kappa shape index (κ1) is 22.0. The van der Waals surface area contributed by atoms with E-state index < -0.39 is 17.2 Å². The molecular formula is C20H31N3O5. The van der Waals surface area contributed by atoms with Crippen LogP contribution in [0.3, 0.4) is 0 Å².